The van der Waals surface area contributed by atoms with Gasteiger partial charge in [0.1, 0.15) is 5.75 Å². The van der Waals surface area contributed by atoms with Gasteiger partial charge in [-0.15, -0.1) is 0 Å². The zero-order valence-corrected chi connectivity index (χ0v) is 9.77. The van der Waals surface area contributed by atoms with Gasteiger partial charge in [0.05, 0.1) is 5.69 Å². The summed E-state index contributed by atoms with van der Waals surface area (Å²) >= 11 is 0. The van der Waals surface area contributed by atoms with Crippen molar-refractivity contribution >= 4 is 17.5 Å². The van der Waals surface area contributed by atoms with Gasteiger partial charge in [0.15, 0.2) is 12.7 Å². The number of anilines is 1. The first-order valence-electron chi connectivity index (χ1n) is 5.31. The van der Waals surface area contributed by atoms with Crippen molar-refractivity contribution in [3.05, 3.63) is 23.8 Å². The van der Waals surface area contributed by atoms with Gasteiger partial charge >= 0.3 is 5.91 Å². The van der Waals surface area contributed by atoms with E-state index in [0.717, 1.165) is 5.56 Å². The summed E-state index contributed by atoms with van der Waals surface area (Å²) in [5.41, 5.74) is 1.40. The highest BCUT2D eigenvalue weighted by molar-refractivity contribution is 5.95. The molecule has 0 bridgehead atoms. The molecule has 2 amide bonds. The Kier molecular flexibility index (Phi) is 3.15. The standard InChI is InChI=1S/C12H11N3O3/c1-15(12(17)5-13)6-8-2-3-10-9(4-8)14-11(16)7-18-10/h2-4H,6-7H2,1H3,(H,14,16). The first-order valence-corrected chi connectivity index (χ1v) is 5.31. The summed E-state index contributed by atoms with van der Waals surface area (Å²) < 4.78 is 5.22. The number of rotatable bonds is 2. The fourth-order valence-corrected chi connectivity index (χ4v) is 1.66. The molecule has 6 nitrogen and oxygen atoms in total. The van der Waals surface area contributed by atoms with E-state index in [1.807, 2.05) is 0 Å². The lowest BCUT2D eigenvalue weighted by atomic mass is 10.1. The third kappa shape index (κ3) is 2.40. The van der Waals surface area contributed by atoms with Gasteiger partial charge in [0, 0.05) is 13.6 Å². The van der Waals surface area contributed by atoms with Crippen LogP contribution in [0.3, 0.4) is 0 Å². The molecule has 0 spiro atoms. The molecule has 0 unspecified atom stereocenters. The monoisotopic (exact) mass is 245 g/mol. The fourth-order valence-electron chi connectivity index (χ4n) is 1.66. The summed E-state index contributed by atoms with van der Waals surface area (Å²) in [6, 6.07) is 6.80. The Balaban J connectivity index is 2.16. The number of nitrogens with one attached hydrogen (secondary N) is 1. The van der Waals surface area contributed by atoms with Crippen molar-refractivity contribution < 1.29 is 14.3 Å². The molecule has 0 radical (unpaired) electrons. The van der Waals surface area contributed by atoms with Gasteiger partial charge in [-0.2, -0.15) is 5.26 Å². The minimum absolute atomic E-state index is 0.0131. The largest absolute Gasteiger partial charge is 0.482 e. The molecular weight excluding hydrogens is 234 g/mol. The molecular formula is C12H11N3O3. The molecule has 1 N–H and O–H groups in total. The third-order valence-corrected chi connectivity index (χ3v) is 2.54. The quantitative estimate of drug-likeness (QED) is 0.769. The van der Waals surface area contributed by atoms with Gasteiger partial charge in [-0.25, -0.2) is 0 Å². The van der Waals surface area contributed by atoms with Crippen LogP contribution in [0.25, 0.3) is 0 Å². The lowest BCUT2D eigenvalue weighted by Crippen LogP contribution is -2.26. The molecule has 18 heavy (non-hydrogen) atoms. The van der Waals surface area contributed by atoms with Crippen LogP contribution in [-0.2, 0) is 16.1 Å². The van der Waals surface area contributed by atoms with Gasteiger partial charge in [-0.1, -0.05) is 6.07 Å². The first-order chi connectivity index (χ1) is 8.60. The molecule has 1 aliphatic rings. The number of fused-ring (bicyclic) bond motifs is 1. The Morgan fingerprint density at radius 3 is 3.11 bits per heavy atom. The van der Waals surface area contributed by atoms with E-state index < -0.39 is 5.91 Å². The van der Waals surface area contributed by atoms with E-state index in [1.165, 1.54) is 4.90 Å². The molecule has 0 aromatic heterocycles. The van der Waals surface area contributed by atoms with Crippen LogP contribution in [0.15, 0.2) is 18.2 Å². The second kappa shape index (κ2) is 4.75. The first kappa shape index (κ1) is 11.9. The topological polar surface area (TPSA) is 82.4 Å². The lowest BCUT2D eigenvalue weighted by Gasteiger charge is -2.19. The van der Waals surface area contributed by atoms with Gasteiger partial charge in [0.2, 0.25) is 0 Å². The number of hydrogen-bond acceptors (Lipinski definition) is 4. The lowest BCUT2D eigenvalue weighted by molar-refractivity contribution is -0.124. The van der Waals surface area contributed by atoms with E-state index in [2.05, 4.69) is 5.32 Å². The Hall–Kier alpha value is -2.55. The summed E-state index contributed by atoms with van der Waals surface area (Å²) in [6.45, 7) is 0.314. The van der Waals surface area contributed by atoms with Gasteiger partial charge < -0.3 is 15.0 Å². The molecule has 1 aromatic rings. The number of hydrogen-bond donors (Lipinski definition) is 1. The molecule has 0 atom stereocenters. The van der Waals surface area contributed by atoms with Crippen LogP contribution in [-0.4, -0.2) is 30.4 Å². The highest BCUT2D eigenvalue weighted by atomic mass is 16.5. The van der Waals surface area contributed by atoms with E-state index in [4.69, 9.17) is 10.00 Å². The van der Waals surface area contributed by atoms with Crippen LogP contribution < -0.4 is 10.1 Å². The SMILES string of the molecule is CN(Cc1ccc2c(c1)NC(=O)CO2)C(=O)C#N. The van der Waals surface area contributed by atoms with E-state index in [0.29, 0.717) is 18.0 Å². The second-order valence-corrected chi connectivity index (χ2v) is 3.94. The molecule has 0 aliphatic carbocycles. The zero-order valence-electron chi connectivity index (χ0n) is 9.77. The Labute approximate surface area is 104 Å². The number of carbonyl (C=O) groups is 2. The number of nitrogens with zero attached hydrogens (tertiary/aromatic N) is 2. The molecule has 1 aromatic carbocycles. The van der Waals surface area contributed by atoms with Gasteiger partial charge in [0.25, 0.3) is 5.91 Å². The minimum Gasteiger partial charge on any atom is -0.482 e. The number of nitriles is 1. The molecule has 2 rings (SSSR count). The molecule has 1 aliphatic heterocycles. The van der Waals surface area contributed by atoms with Crippen LogP contribution in [0.2, 0.25) is 0 Å². The van der Waals surface area contributed by atoms with Crippen LogP contribution in [0, 0.1) is 11.3 Å². The van der Waals surface area contributed by atoms with Crippen molar-refractivity contribution in [2.24, 2.45) is 0 Å². The Morgan fingerprint density at radius 2 is 2.39 bits per heavy atom. The molecule has 0 fully saturated rings. The maximum atomic E-state index is 11.2. The van der Waals surface area contributed by atoms with Crippen LogP contribution in [0.4, 0.5) is 5.69 Å². The molecule has 0 saturated heterocycles. The van der Waals surface area contributed by atoms with Crippen molar-refractivity contribution in [1.82, 2.24) is 4.90 Å². The average molecular weight is 245 g/mol. The molecule has 1 heterocycles. The predicted molar refractivity (Wildman–Crippen MR) is 62.7 cm³/mol. The fraction of sp³-hybridized carbons (Fsp3) is 0.250. The summed E-state index contributed by atoms with van der Waals surface area (Å²) in [7, 11) is 1.54. The number of amides is 2. The number of benzene rings is 1. The second-order valence-electron chi connectivity index (χ2n) is 3.94. The zero-order chi connectivity index (χ0) is 13.1. The van der Waals surface area contributed by atoms with Gasteiger partial charge in [-0.3, -0.25) is 9.59 Å². The molecule has 6 heteroatoms. The smallest absolute Gasteiger partial charge is 0.325 e. The highest BCUT2D eigenvalue weighted by Gasteiger charge is 2.16. The van der Waals surface area contributed by atoms with Crippen LogP contribution in [0.1, 0.15) is 5.56 Å². The van der Waals surface area contributed by atoms with Gasteiger partial charge in [-0.05, 0) is 17.7 Å². The predicted octanol–water partition coefficient (Wildman–Crippen LogP) is 0.499. The molecule has 0 saturated carbocycles. The van der Waals surface area contributed by atoms with Crippen LogP contribution >= 0.6 is 0 Å². The maximum Gasteiger partial charge on any atom is 0.325 e. The number of ether oxygens (including phenoxy) is 1. The van der Waals surface area contributed by atoms with Crippen molar-refractivity contribution in [3.63, 3.8) is 0 Å². The van der Waals surface area contributed by atoms with Crippen molar-refractivity contribution in [1.29, 1.82) is 5.26 Å². The summed E-state index contributed by atoms with van der Waals surface area (Å²) in [5, 5.41) is 11.2. The normalized spacial score (nSPS) is 12.8. The Morgan fingerprint density at radius 1 is 1.61 bits per heavy atom. The maximum absolute atomic E-state index is 11.2. The highest BCUT2D eigenvalue weighted by Crippen LogP contribution is 2.28. The van der Waals surface area contributed by atoms with E-state index in [1.54, 1.807) is 31.3 Å². The van der Waals surface area contributed by atoms with Crippen molar-refractivity contribution in [3.8, 4) is 11.8 Å². The van der Waals surface area contributed by atoms with E-state index >= 15 is 0 Å². The van der Waals surface area contributed by atoms with E-state index in [9.17, 15) is 9.59 Å². The van der Waals surface area contributed by atoms with E-state index in [-0.39, 0.29) is 12.5 Å². The van der Waals surface area contributed by atoms with Crippen molar-refractivity contribution in [2.75, 3.05) is 19.0 Å². The summed E-state index contributed by atoms with van der Waals surface area (Å²) in [6.07, 6.45) is 0. The number of carbonyl (C=O) groups excluding carboxylic acids is 2. The molecule has 92 valence electrons. The Bertz CT molecular complexity index is 548. The summed E-state index contributed by atoms with van der Waals surface area (Å²) in [5.74, 6) is -0.207. The third-order valence-electron chi connectivity index (χ3n) is 2.54. The summed E-state index contributed by atoms with van der Waals surface area (Å²) in [4.78, 5) is 23.6. The minimum atomic E-state index is -0.604. The van der Waals surface area contributed by atoms with Crippen molar-refractivity contribution in [2.45, 2.75) is 6.54 Å². The van der Waals surface area contributed by atoms with Crippen LogP contribution in [0.5, 0.6) is 5.75 Å². The average Bonchev–Trinajstić information content (AvgIpc) is 2.37.